The molecule has 178 valence electrons. The minimum absolute atomic E-state index is 0.233. The average molecular weight is 483 g/mol. The second kappa shape index (κ2) is 11.2. The Hall–Kier alpha value is -3.36. The van der Waals surface area contributed by atoms with Crippen molar-refractivity contribution in [3.63, 3.8) is 0 Å². The number of rotatable bonds is 8. The summed E-state index contributed by atoms with van der Waals surface area (Å²) in [5.74, 6) is 0.424. The lowest BCUT2D eigenvalue weighted by atomic mass is 10.2. The van der Waals surface area contributed by atoms with Gasteiger partial charge in [-0.2, -0.15) is 0 Å². The van der Waals surface area contributed by atoms with Gasteiger partial charge in [0.2, 0.25) is 5.91 Å². The Labute approximate surface area is 202 Å². The maximum Gasteiger partial charge on any atom is 0.331 e. The number of para-hydroxylation sites is 1. The second-order valence-corrected chi connectivity index (χ2v) is 8.54. The lowest BCUT2D eigenvalue weighted by Gasteiger charge is -2.34. The monoisotopic (exact) mass is 482 g/mol. The van der Waals surface area contributed by atoms with Gasteiger partial charge in [0.15, 0.2) is 0 Å². The first-order valence-electron chi connectivity index (χ1n) is 11.2. The van der Waals surface area contributed by atoms with Crippen molar-refractivity contribution in [2.45, 2.75) is 13.1 Å². The molecule has 1 aromatic heterocycles. The molecule has 0 aliphatic carbocycles. The molecule has 8 nitrogen and oxygen atoms in total. The van der Waals surface area contributed by atoms with Crippen LogP contribution in [-0.4, -0.2) is 64.2 Å². The van der Waals surface area contributed by atoms with Crippen LogP contribution >= 0.6 is 11.6 Å². The molecule has 0 bridgehead atoms. The molecule has 1 aliphatic rings. The van der Waals surface area contributed by atoms with E-state index in [0.717, 1.165) is 16.7 Å². The highest BCUT2D eigenvalue weighted by molar-refractivity contribution is 6.32. The number of hydrogen-bond donors (Lipinski definition) is 0. The molecule has 1 aliphatic heterocycles. The fourth-order valence-electron chi connectivity index (χ4n) is 3.91. The van der Waals surface area contributed by atoms with Gasteiger partial charge in [-0.05, 0) is 17.7 Å². The van der Waals surface area contributed by atoms with E-state index < -0.39 is 11.2 Å². The predicted octanol–water partition coefficient (Wildman–Crippen LogP) is 1.93. The summed E-state index contributed by atoms with van der Waals surface area (Å²) in [7, 11) is 0. The summed E-state index contributed by atoms with van der Waals surface area (Å²) in [5.41, 5.74) is -0.0196. The normalized spacial score (nSPS) is 14.2. The number of piperazine rings is 1. The first kappa shape index (κ1) is 23.8. The third kappa shape index (κ3) is 5.95. The summed E-state index contributed by atoms with van der Waals surface area (Å²) in [4.78, 5) is 41.9. The number of nitrogens with zero attached hydrogens (tertiary/aromatic N) is 4. The van der Waals surface area contributed by atoms with Crippen molar-refractivity contribution in [1.82, 2.24) is 18.9 Å². The van der Waals surface area contributed by atoms with Crippen LogP contribution in [0.5, 0.6) is 5.75 Å². The molecule has 2 heterocycles. The maximum atomic E-state index is 12.8. The Bertz CT molecular complexity index is 1230. The summed E-state index contributed by atoms with van der Waals surface area (Å²) >= 11 is 6.11. The number of aromatic nitrogens is 2. The number of ether oxygens (including phenoxy) is 1. The van der Waals surface area contributed by atoms with E-state index in [2.05, 4.69) is 4.90 Å². The Balaban J connectivity index is 1.30. The third-order valence-corrected chi connectivity index (χ3v) is 6.17. The van der Waals surface area contributed by atoms with Gasteiger partial charge in [-0.3, -0.25) is 23.6 Å². The molecule has 4 rings (SSSR count). The number of hydrogen-bond acceptors (Lipinski definition) is 5. The molecule has 0 N–H and O–H groups in total. The van der Waals surface area contributed by atoms with Crippen LogP contribution in [0.1, 0.15) is 5.56 Å². The molecular weight excluding hydrogens is 456 g/mol. The number of carbonyl (C=O) groups is 1. The molecule has 1 saturated heterocycles. The van der Waals surface area contributed by atoms with Gasteiger partial charge < -0.3 is 9.64 Å². The van der Waals surface area contributed by atoms with Crippen LogP contribution in [0.3, 0.4) is 0 Å². The highest BCUT2D eigenvalue weighted by Gasteiger charge is 2.22. The van der Waals surface area contributed by atoms with Gasteiger partial charge in [0.05, 0.1) is 11.6 Å². The molecule has 0 spiro atoms. The van der Waals surface area contributed by atoms with Crippen molar-refractivity contribution >= 4 is 17.5 Å². The van der Waals surface area contributed by atoms with Crippen molar-refractivity contribution < 1.29 is 9.53 Å². The zero-order valence-electron chi connectivity index (χ0n) is 18.8. The minimum Gasteiger partial charge on any atom is -0.491 e. The molecule has 0 atom stereocenters. The van der Waals surface area contributed by atoms with Crippen LogP contribution in [0, 0.1) is 0 Å². The smallest absolute Gasteiger partial charge is 0.331 e. The van der Waals surface area contributed by atoms with E-state index in [1.54, 1.807) is 11.0 Å². The van der Waals surface area contributed by atoms with Gasteiger partial charge in [-0.1, -0.05) is 54.1 Å². The van der Waals surface area contributed by atoms with Crippen molar-refractivity contribution in [2.75, 3.05) is 39.3 Å². The average Bonchev–Trinajstić information content (AvgIpc) is 2.86. The first-order valence-corrected chi connectivity index (χ1v) is 11.6. The van der Waals surface area contributed by atoms with Crippen molar-refractivity contribution in [3.05, 3.63) is 98.3 Å². The predicted molar refractivity (Wildman–Crippen MR) is 130 cm³/mol. The van der Waals surface area contributed by atoms with E-state index in [4.69, 9.17) is 16.3 Å². The van der Waals surface area contributed by atoms with Crippen LogP contribution in [0.4, 0.5) is 0 Å². The second-order valence-electron chi connectivity index (χ2n) is 8.14. The van der Waals surface area contributed by atoms with E-state index >= 15 is 0 Å². The Morgan fingerprint density at radius 1 is 0.912 bits per heavy atom. The number of amides is 1. The standard InChI is InChI=1S/C25H27ClN4O4/c26-21-8-4-5-9-22(21)34-17-16-27-12-14-28(15-13-27)24(32)19-30-23(31)10-11-29(25(30)33)18-20-6-2-1-3-7-20/h1-11H,12-19H2. The zero-order valence-corrected chi connectivity index (χ0v) is 19.6. The molecule has 0 radical (unpaired) electrons. The zero-order chi connectivity index (χ0) is 23.9. The minimum atomic E-state index is -0.486. The molecule has 1 amide bonds. The molecule has 2 aromatic carbocycles. The van der Waals surface area contributed by atoms with E-state index in [9.17, 15) is 14.4 Å². The van der Waals surface area contributed by atoms with Crippen LogP contribution in [0.25, 0.3) is 0 Å². The van der Waals surface area contributed by atoms with Gasteiger partial charge in [-0.25, -0.2) is 4.79 Å². The van der Waals surface area contributed by atoms with E-state index in [1.165, 1.54) is 16.8 Å². The molecular formula is C25H27ClN4O4. The van der Waals surface area contributed by atoms with E-state index in [1.807, 2.05) is 48.5 Å². The summed E-state index contributed by atoms with van der Waals surface area (Å²) in [6.07, 6.45) is 1.47. The molecule has 0 unspecified atom stereocenters. The summed E-state index contributed by atoms with van der Waals surface area (Å²) in [6, 6.07) is 18.2. The van der Waals surface area contributed by atoms with Crippen molar-refractivity contribution in [3.8, 4) is 5.75 Å². The highest BCUT2D eigenvalue weighted by Crippen LogP contribution is 2.22. The van der Waals surface area contributed by atoms with Crippen LogP contribution in [0.15, 0.2) is 76.4 Å². The van der Waals surface area contributed by atoms with Crippen molar-refractivity contribution in [2.24, 2.45) is 0 Å². The fourth-order valence-corrected chi connectivity index (χ4v) is 4.10. The summed E-state index contributed by atoms with van der Waals surface area (Å²) in [5, 5.41) is 0.580. The summed E-state index contributed by atoms with van der Waals surface area (Å²) in [6.45, 7) is 3.74. The van der Waals surface area contributed by atoms with Crippen molar-refractivity contribution in [1.29, 1.82) is 0 Å². The highest BCUT2D eigenvalue weighted by atomic mass is 35.5. The lowest BCUT2D eigenvalue weighted by molar-refractivity contribution is -0.133. The number of carbonyl (C=O) groups excluding carboxylic acids is 1. The maximum absolute atomic E-state index is 12.8. The van der Waals surface area contributed by atoms with Gasteiger partial charge in [0, 0.05) is 45.0 Å². The van der Waals surface area contributed by atoms with Crippen LogP contribution in [0.2, 0.25) is 5.02 Å². The molecule has 3 aromatic rings. The first-order chi connectivity index (χ1) is 16.5. The molecule has 1 fully saturated rings. The van der Waals surface area contributed by atoms with Gasteiger partial charge in [0.1, 0.15) is 18.9 Å². The van der Waals surface area contributed by atoms with Gasteiger partial charge in [0.25, 0.3) is 5.56 Å². The third-order valence-electron chi connectivity index (χ3n) is 5.86. The van der Waals surface area contributed by atoms with E-state index in [0.29, 0.717) is 50.1 Å². The molecule has 0 saturated carbocycles. The number of halogens is 1. The topological polar surface area (TPSA) is 76.8 Å². The number of benzene rings is 2. The Morgan fingerprint density at radius 3 is 2.35 bits per heavy atom. The Kier molecular flexibility index (Phi) is 7.82. The SMILES string of the molecule is O=C(Cn1c(=O)ccn(Cc2ccccc2)c1=O)N1CCN(CCOc2ccccc2Cl)CC1. The Morgan fingerprint density at radius 2 is 1.62 bits per heavy atom. The van der Waals surface area contributed by atoms with Crippen LogP contribution < -0.4 is 16.0 Å². The van der Waals surface area contributed by atoms with Gasteiger partial charge >= 0.3 is 5.69 Å². The molecule has 9 heteroatoms. The largest absolute Gasteiger partial charge is 0.491 e. The fraction of sp³-hybridized carbons (Fsp3) is 0.320. The summed E-state index contributed by atoms with van der Waals surface area (Å²) < 4.78 is 8.20. The molecule has 34 heavy (non-hydrogen) atoms. The lowest BCUT2D eigenvalue weighted by Crippen LogP contribution is -2.52. The van der Waals surface area contributed by atoms with E-state index in [-0.39, 0.29) is 12.5 Å². The van der Waals surface area contributed by atoms with Gasteiger partial charge in [-0.15, -0.1) is 0 Å². The van der Waals surface area contributed by atoms with Crippen LogP contribution in [-0.2, 0) is 17.9 Å². The quantitative estimate of drug-likeness (QED) is 0.490.